The number of fused-ring (bicyclic) bond motifs is 1. The van der Waals surface area contributed by atoms with E-state index >= 15 is 0 Å². The number of rotatable bonds is 5. The van der Waals surface area contributed by atoms with Gasteiger partial charge in [-0.1, -0.05) is 44.2 Å². The van der Waals surface area contributed by atoms with E-state index < -0.39 is 0 Å². The van der Waals surface area contributed by atoms with E-state index in [1.165, 1.54) is 56.1 Å². The summed E-state index contributed by atoms with van der Waals surface area (Å²) >= 11 is 0. The second kappa shape index (κ2) is 7.90. The van der Waals surface area contributed by atoms with Crippen molar-refractivity contribution in [2.75, 3.05) is 5.32 Å². The van der Waals surface area contributed by atoms with Crippen LogP contribution in [0, 0.1) is 5.92 Å². The molecule has 0 amide bonds. The van der Waals surface area contributed by atoms with E-state index in [1.807, 2.05) is 24.5 Å². The summed E-state index contributed by atoms with van der Waals surface area (Å²) in [6.45, 7) is 0.836. The quantitative estimate of drug-likeness (QED) is 0.798. The number of aryl methyl sites for hydroxylation is 1. The van der Waals surface area contributed by atoms with Gasteiger partial charge in [0.15, 0.2) is 0 Å². The third-order valence-corrected chi connectivity index (χ3v) is 5.65. The Morgan fingerprint density at radius 2 is 1.84 bits per heavy atom. The maximum Gasteiger partial charge on any atom is 0.122 e. The van der Waals surface area contributed by atoms with Crippen LogP contribution in [-0.4, -0.2) is 11.1 Å². The molecule has 1 fully saturated rings. The average Bonchev–Trinajstić information content (AvgIpc) is 2.68. The molecule has 2 aromatic rings. The summed E-state index contributed by atoms with van der Waals surface area (Å²) in [5.41, 5.74) is 3.79. The zero-order valence-electron chi connectivity index (χ0n) is 14.9. The first kappa shape index (κ1) is 16.4. The van der Waals surface area contributed by atoms with Gasteiger partial charge in [0.1, 0.15) is 5.75 Å². The fourth-order valence-corrected chi connectivity index (χ4v) is 4.24. The molecule has 1 aliphatic heterocycles. The van der Waals surface area contributed by atoms with Crippen molar-refractivity contribution in [2.45, 2.75) is 64.0 Å². The van der Waals surface area contributed by atoms with E-state index in [4.69, 9.17) is 4.74 Å². The standard InChI is InChI=1S/C22H28N2O/c1-2-4-17(5-3-1)15-21-8-7-19-14-18(6-9-22(19)25-21)16-24-20-10-12-23-13-11-20/h6,9-14,17,21H,1-5,7-8,15-16H2,(H,23,24). The lowest BCUT2D eigenvalue weighted by Crippen LogP contribution is -2.26. The minimum atomic E-state index is 0.427. The summed E-state index contributed by atoms with van der Waals surface area (Å²) in [7, 11) is 0. The summed E-state index contributed by atoms with van der Waals surface area (Å²) in [5.74, 6) is 2.00. The van der Waals surface area contributed by atoms with Crippen molar-refractivity contribution in [3.05, 3.63) is 53.9 Å². The lowest BCUT2D eigenvalue weighted by molar-refractivity contribution is 0.131. The maximum absolute atomic E-state index is 6.32. The molecule has 0 bridgehead atoms. The van der Waals surface area contributed by atoms with Crippen LogP contribution in [-0.2, 0) is 13.0 Å². The summed E-state index contributed by atoms with van der Waals surface area (Å²) in [4.78, 5) is 4.05. The molecule has 132 valence electrons. The fraction of sp³-hybridized carbons (Fsp3) is 0.500. The molecule has 1 unspecified atom stereocenters. The van der Waals surface area contributed by atoms with E-state index in [-0.39, 0.29) is 0 Å². The minimum absolute atomic E-state index is 0.427. The van der Waals surface area contributed by atoms with Gasteiger partial charge >= 0.3 is 0 Å². The smallest absolute Gasteiger partial charge is 0.122 e. The molecule has 4 rings (SSSR count). The van der Waals surface area contributed by atoms with Gasteiger partial charge in [-0.15, -0.1) is 0 Å². The Balaban J connectivity index is 1.34. The highest BCUT2D eigenvalue weighted by atomic mass is 16.5. The van der Waals surface area contributed by atoms with Gasteiger partial charge in [-0.05, 0) is 54.5 Å². The predicted molar refractivity (Wildman–Crippen MR) is 102 cm³/mol. The average molecular weight is 336 g/mol. The molecule has 3 nitrogen and oxygen atoms in total. The molecule has 0 spiro atoms. The third-order valence-electron chi connectivity index (χ3n) is 5.65. The van der Waals surface area contributed by atoms with E-state index in [0.29, 0.717) is 6.10 Å². The molecule has 1 aromatic heterocycles. The maximum atomic E-state index is 6.32. The van der Waals surface area contributed by atoms with Crippen molar-refractivity contribution in [3.63, 3.8) is 0 Å². The van der Waals surface area contributed by atoms with Crippen LogP contribution in [0.15, 0.2) is 42.7 Å². The van der Waals surface area contributed by atoms with Crippen molar-refractivity contribution in [1.82, 2.24) is 4.98 Å². The van der Waals surface area contributed by atoms with Gasteiger partial charge in [0.2, 0.25) is 0 Å². The molecular formula is C22H28N2O. The number of aromatic nitrogens is 1. The summed E-state index contributed by atoms with van der Waals surface area (Å²) in [5, 5.41) is 3.45. The Hall–Kier alpha value is -2.03. The van der Waals surface area contributed by atoms with Crippen LogP contribution < -0.4 is 10.1 Å². The first-order valence-corrected chi connectivity index (χ1v) is 9.79. The fourth-order valence-electron chi connectivity index (χ4n) is 4.24. The molecule has 2 heterocycles. The Kier molecular flexibility index (Phi) is 5.19. The number of anilines is 1. The highest BCUT2D eigenvalue weighted by Crippen LogP contribution is 2.34. The molecular weight excluding hydrogens is 308 g/mol. The molecule has 1 atom stereocenters. The highest BCUT2D eigenvalue weighted by Gasteiger charge is 2.24. The monoisotopic (exact) mass is 336 g/mol. The number of ether oxygens (including phenoxy) is 1. The van der Waals surface area contributed by atoms with Crippen LogP contribution in [0.25, 0.3) is 0 Å². The molecule has 0 radical (unpaired) electrons. The summed E-state index contributed by atoms with van der Waals surface area (Å²) < 4.78 is 6.32. The molecule has 2 aliphatic rings. The lowest BCUT2D eigenvalue weighted by Gasteiger charge is -2.31. The van der Waals surface area contributed by atoms with E-state index in [2.05, 4.69) is 28.5 Å². The third kappa shape index (κ3) is 4.33. The van der Waals surface area contributed by atoms with Gasteiger partial charge in [-0.3, -0.25) is 4.98 Å². The lowest BCUT2D eigenvalue weighted by atomic mass is 9.84. The zero-order chi connectivity index (χ0) is 16.9. The van der Waals surface area contributed by atoms with Gasteiger partial charge in [0.25, 0.3) is 0 Å². The molecule has 1 aromatic carbocycles. The van der Waals surface area contributed by atoms with Crippen molar-refractivity contribution in [1.29, 1.82) is 0 Å². The van der Waals surface area contributed by atoms with Crippen molar-refractivity contribution >= 4 is 5.69 Å². The second-order valence-corrected chi connectivity index (χ2v) is 7.55. The number of nitrogens with zero attached hydrogens (tertiary/aromatic N) is 1. The molecule has 1 N–H and O–H groups in total. The van der Waals surface area contributed by atoms with Crippen LogP contribution in [0.1, 0.15) is 56.1 Å². The Bertz CT molecular complexity index is 680. The first-order chi connectivity index (χ1) is 12.4. The Labute approximate surface area is 150 Å². The number of hydrogen-bond acceptors (Lipinski definition) is 3. The molecule has 0 saturated heterocycles. The van der Waals surface area contributed by atoms with E-state index in [0.717, 1.165) is 30.3 Å². The number of benzene rings is 1. The summed E-state index contributed by atoms with van der Waals surface area (Å²) in [6.07, 6.45) is 14.7. The zero-order valence-corrected chi connectivity index (χ0v) is 14.9. The van der Waals surface area contributed by atoms with Gasteiger partial charge in [0.05, 0.1) is 6.10 Å². The van der Waals surface area contributed by atoms with Crippen molar-refractivity contribution in [3.8, 4) is 5.75 Å². The van der Waals surface area contributed by atoms with Gasteiger partial charge in [-0.2, -0.15) is 0 Å². The molecule has 3 heteroatoms. The van der Waals surface area contributed by atoms with Crippen LogP contribution in [0.2, 0.25) is 0 Å². The Morgan fingerprint density at radius 1 is 1.00 bits per heavy atom. The van der Waals surface area contributed by atoms with Crippen LogP contribution >= 0.6 is 0 Å². The minimum Gasteiger partial charge on any atom is -0.490 e. The topological polar surface area (TPSA) is 34.1 Å². The van der Waals surface area contributed by atoms with Crippen LogP contribution in [0.4, 0.5) is 5.69 Å². The number of hydrogen-bond donors (Lipinski definition) is 1. The highest BCUT2D eigenvalue weighted by molar-refractivity contribution is 5.44. The SMILES string of the molecule is c1cc(NCc2ccc3c(c2)CCC(CC2CCCCC2)O3)ccn1. The van der Waals surface area contributed by atoms with Gasteiger partial charge in [0, 0.05) is 24.6 Å². The van der Waals surface area contributed by atoms with Crippen molar-refractivity contribution < 1.29 is 4.74 Å². The molecule has 1 saturated carbocycles. The number of nitrogens with one attached hydrogen (secondary N) is 1. The summed E-state index contributed by atoms with van der Waals surface area (Å²) in [6, 6.07) is 10.7. The Morgan fingerprint density at radius 3 is 2.68 bits per heavy atom. The largest absolute Gasteiger partial charge is 0.490 e. The van der Waals surface area contributed by atoms with Gasteiger partial charge < -0.3 is 10.1 Å². The second-order valence-electron chi connectivity index (χ2n) is 7.55. The van der Waals surface area contributed by atoms with Crippen LogP contribution in [0.5, 0.6) is 5.75 Å². The molecule has 1 aliphatic carbocycles. The number of pyridine rings is 1. The first-order valence-electron chi connectivity index (χ1n) is 9.79. The van der Waals surface area contributed by atoms with E-state index in [1.54, 1.807) is 0 Å². The van der Waals surface area contributed by atoms with Gasteiger partial charge in [-0.25, -0.2) is 0 Å². The van der Waals surface area contributed by atoms with Crippen molar-refractivity contribution in [2.24, 2.45) is 5.92 Å². The van der Waals surface area contributed by atoms with Crippen LogP contribution in [0.3, 0.4) is 0 Å². The van der Waals surface area contributed by atoms with E-state index in [9.17, 15) is 0 Å². The molecule has 25 heavy (non-hydrogen) atoms. The normalized spacial score (nSPS) is 20.6. The predicted octanol–water partition coefficient (Wildman–Crippen LogP) is 5.36.